The highest BCUT2D eigenvalue weighted by Gasteiger charge is 2.14. The summed E-state index contributed by atoms with van der Waals surface area (Å²) in [6.07, 6.45) is 1.94. The minimum atomic E-state index is 0.312. The Morgan fingerprint density at radius 1 is 1.64 bits per heavy atom. The van der Waals surface area contributed by atoms with Crippen molar-refractivity contribution in [3.05, 3.63) is 22.0 Å². The van der Waals surface area contributed by atoms with Crippen LogP contribution in [0, 0.1) is 6.57 Å². The van der Waals surface area contributed by atoms with Crippen molar-refractivity contribution in [3.8, 4) is 0 Å². The first-order valence-electron chi connectivity index (χ1n) is 4.18. The molecule has 14 heavy (non-hydrogen) atoms. The molecule has 0 radical (unpaired) electrons. The smallest absolute Gasteiger partial charge is 0.243 e. The number of aromatic nitrogens is 2. The molecule has 0 saturated heterocycles. The lowest BCUT2D eigenvalue weighted by molar-refractivity contribution is 0.538. The molecule has 0 saturated carbocycles. The normalized spacial score (nSPS) is 11.1. The maximum Gasteiger partial charge on any atom is 0.243 e. The molecule has 2 rings (SSSR count). The summed E-state index contributed by atoms with van der Waals surface area (Å²) in [6, 6.07) is 0.312. The second kappa shape index (κ2) is 3.26. The molecule has 3 nitrogen and oxygen atoms in total. The van der Waals surface area contributed by atoms with Gasteiger partial charge in [0.15, 0.2) is 0 Å². The SMILES string of the molecule is [C-]#[N+]c1c(Cl)sc2cn(C(C)C)nc12. The van der Waals surface area contributed by atoms with Gasteiger partial charge in [0.1, 0.15) is 9.85 Å². The number of hydrogen-bond acceptors (Lipinski definition) is 2. The number of thiophene rings is 1. The van der Waals surface area contributed by atoms with Gasteiger partial charge in [0.25, 0.3) is 0 Å². The fourth-order valence-corrected chi connectivity index (χ4v) is 2.42. The van der Waals surface area contributed by atoms with Crippen LogP contribution in [0.3, 0.4) is 0 Å². The van der Waals surface area contributed by atoms with Crippen LogP contribution >= 0.6 is 22.9 Å². The number of nitrogens with zero attached hydrogens (tertiary/aromatic N) is 3. The van der Waals surface area contributed by atoms with Crippen molar-refractivity contribution in [2.24, 2.45) is 0 Å². The molecule has 5 heteroatoms. The minimum Gasteiger partial charge on any atom is -0.269 e. The van der Waals surface area contributed by atoms with E-state index in [0.29, 0.717) is 16.1 Å². The lowest BCUT2D eigenvalue weighted by atomic mass is 10.4. The van der Waals surface area contributed by atoms with Crippen molar-refractivity contribution < 1.29 is 0 Å². The molecule has 2 aromatic rings. The van der Waals surface area contributed by atoms with Gasteiger partial charge in [-0.25, -0.2) is 4.85 Å². The van der Waals surface area contributed by atoms with Crippen molar-refractivity contribution in [2.75, 3.05) is 0 Å². The molecular weight excluding hydrogens is 218 g/mol. The first-order valence-corrected chi connectivity index (χ1v) is 5.37. The zero-order chi connectivity index (χ0) is 10.3. The molecule has 0 N–H and O–H groups in total. The number of rotatable bonds is 1. The van der Waals surface area contributed by atoms with Crippen LogP contribution < -0.4 is 0 Å². The van der Waals surface area contributed by atoms with Gasteiger partial charge < -0.3 is 0 Å². The molecule has 2 aromatic heterocycles. The first kappa shape index (κ1) is 9.50. The molecule has 0 spiro atoms. The van der Waals surface area contributed by atoms with E-state index >= 15 is 0 Å². The van der Waals surface area contributed by atoms with Crippen LogP contribution in [0.4, 0.5) is 5.69 Å². The summed E-state index contributed by atoms with van der Waals surface area (Å²) in [6.45, 7) is 11.1. The van der Waals surface area contributed by atoms with Crippen molar-refractivity contribution >= 4 is 38.8 Å². The summed E-state index contributed by atoms with van der Waals surface area (Å²) in [7, 11) is 0. The van der Waals surface area contributed by atoms with Gasteiger partial charge in [-0.2, -0.15) is 5.10 Å². The number of hydrogen-bond donors (Lipinski definition) is 0. The average molecular weight is 226 g/mol. The summed E-state index contributed by atoms with van der Waals surface area (Å²) in [5.41, 5.74) is 1.20. The van der Waals surface area contributed by atoms with E-state index < -0.39 is 0 Å². The van der Waals surface area contributed by atoms with Crippen LogP contribution in [-0.4, -0.2) is 9.78 Å². The molecule has 0 aliphatic carbocycles. The van der Waals surface area contributed by atoms with E-state index in [1.54, 1.807) is 0 Å². The third-order valence-corrected chi connectivity index (χ3v) is 3.25. The van der Waals surface area contributed by atoms with Gasteiger partial charge >= 0.3 is 0 Å². The van der Waals surface area contributed by atoms with Gasteiger partial charge in [-0.3, -0.25) is 4.68 Å². The lowest BCUT2D eigenvalue weighted by Gasteiger charge is -2.02. The van der Waals surface area contributed by atoms with E-state index in [4.69, 9.17) is 18.2 Å². The van der Waals surface area contributed by atoms with Crippen molar-refractivity contribution in [1.29, 1.82) is 0 Å². The third kappa shape index (κ3) is 1.29. The highest BCUT2D eigenvalue weighted by atomic mass is 35.5. The zero-order valence-electron chi connectivity index (χ0n) is 7.78. The molecule has 2 heterocycles. The number of halogens is 1. The summed E-state index contributed by atoms with van der Waals surface area (Å²) >= 11 is 7.31. The Morgan fingerprint density at radius 2 is 2.36 bits per heavy atom. The second-order valence-corrected chi connectivity index (χ2v) is 4.91. The van der Waals surface area contributed by atoms with Crippen LogP contribution in [0.1, 0.15) is 19.9 Å². The summed E-state index contributed by atoms with van der Waals surface area (Å²) in [5.74, 6) is 0. The van der Waals surface area contributed by atoms with Crippen molar-refractivity contribution in [3.63, 3.8) is 0 Å². The van der Waals surface area contributed by atoms with Crippen LogP contribution in [0.2, 0.25) is 4.34 Å². The van der Waals surface area contributed by atoms with Gasteiger partial charge in [0, 0.05) is 12.2 Å². The van der Waals surface area contributed by atoms with Gasteiger partial charge in [-0.15, -0.1) is 11.3 Å². The maximum absolute atomic E-state index is 7.00. The maximum atomic E-state index is 7.00. The Balaban J connectivity index is 2.70. The Hall–Kier alpha value is -1.05. The van der Waals surface area contributed by atoms with Gasteiger partial charge in [0.2, 0.25) is 5.69 Å². The van der Waals surface area contributed by atoms with Crippen LogP contribution in [0.25, 0.3) is 15.1 Å². The average Bonchev–Trinajstić information content (AvgIpc) is 2.60. The van der Waals surface area contributed by atoms with Crippen LogP contribution in [0.15, 0.2) is 6.20 Å². The Labute approximate surface area is 90.7 Å². The molecule has 0 fully saturated rings. The minimum absolute atomic E-state index is 0.312. The fraction of sp³-hybridized carbons (Fsp3) is 0.333. The highest BCUT2D eigenvalue weighted by Crippen LogP contribution is 2.40. The van der Waals surface area contributed by atoms with E-state index in [9.17, 15) is 0 Å². The summed E-state index contributed by atoms with van der Waals surface area (Å²) in [4.78, 5) is 3.38. The Morgan fingerprint density at radius 3 is 2.93 bits per heavy atom. The first-order chi connectivity index (χ1) is 6.63. The molecular formula is C9H8ClN3S. The topological polar surface area (TPSA) is 22.2 Å². The van der Waals surface area contributed by atoms with Gasteiger partial charge in [0.05, 0.1) is 11.3 Å². The highest BCUT2D eigenvalue weighted by molar-refractivity contribution is 7.23. The second-order valence-electron chi connectivity index (χ2n) is 3.25. The van der Waals surface area contributed by atoms with Crippen molar-refractivity contribution in [1.82, 2.24) is 9.78 Å². The van der Waals surface area contributed by atoms with Gasteiger partial charge in [-0.1, -0.05) is 11.6 Å². The van der Waals surface area contributed by atoms with Crippen LogP contribution in [-0.2, 0) is 0 Å². The molecule has 0 aliphatic heterocycles. The van der Waals surface area contributed by atoms with E-state index in [1.165, 1.54) is 11.3 Å². The number of fused-ring (bicyclic) bond motifs is 1. The monoisotopic (exact) mass is 225 g/mol. The molecule has 0 aromatic carbocycles. The quantitative estimate of drug-likeness (QED) is 0.675. The Kier molecular flexibility index (Phi) is 2.22. The summed E-state index contributed by atoms with van der Waals surface area (Å²) < 4.78 is 3.37. The zero-order valence-corrected chi connectivity index (χ0v) is 9.35. The standard InChI is InChI=1S/C9H8ClN3S/c1-5(2)13-4-6-7(12-13)8(11-3)9(10)14-6/h4-5H,1-2H3. The van der Waals surface area contributed by atoms with Crippen molar-refractivity contribution in [2.45, 2.75) is 19.9 Å². The van der Waals surface area contributed by atoms with E-state index in [1.807, 2.05) is 10.9 Å². The molecule has 0 bridgehead atoms. The third-order valence-electron chi connectivity index (χ3n) is 1.95. The molecule has 0 aliphatic rings. The fourth-order valence-electron chi connectivity index (χ4n) is 1.21. The van der Waals surface area contributed by atoms with E-state index in [0.717, 1.165) is 10.2 Å². The lowest BCUT2D eigenvalue weighted by Crippen LogP contribution is -1.99. The predicted molar refractivity (Wildman–Crippen MR) is 59.3 cm³/mol. The largest absolute Gasteiger partial charge is 0.269 e. The van der Waals surface area contributed by atoms with Gasteiger partial charge in [-0.05, 0) is 13.8 Å². The molecule has 0 amide bonds. The summed E-state index contributed by atoms with van der Waals surface area (Å²) in [5, 5.41) is 4.33. The molecule has 0 unspecified atom stereocenters. The molecule has 0 atom stereocenters. The van der Waals surface area contributed by atoms with E-state index in [-0.39, 0.29) is 0 Å². The predicted octanol–water partition coefficient (Wildman–Crippen LogP) is 3.88. The van der Waals surface area contributed by atoms with Crippen LogP contribution in [0.5, 0.6) is 0 Å². The molecule has 72 valence electrons. The van der Waals surface area contributed by atoms with E-state index in [2.05, 4.69) is 23.8 Å². The Bertz CT molecular complexity index is 518.